The third-order valence-corrected chi connectivity index (χ3v) is 4.22. The van der Waals surface area contributed by atoms with Crippen molar-refractivity contribution >= 4 is 23.4 Å². The number of furan rings is 1. The van der Waals surface area contributed by atoms with Gasteiger partial charge in [-0.15, -0.1) is 10.2 Å². The highest BCUT2D eigenvalue weighted by Crippen LogP contribution is 2.18. The van der Waals surface area contributed by atoms with E-state index >= 15 is 0 Å². The SMILES string of the molecule is Cc1ccccc1NC(=O)CSc1nncn1Cc1ccco1. The quantitative estimate of drug-likeness (QED) is 0.704. The van der Waals surface area contributed by atoms with Crippen molar-refractivity contribution in [1.82, 2.24) is 14.8 Å². The molecule has 0 atom stereocenters. The van der Waals surface area contributed by atoms with Gasteiger partial charge < -0.3 is 14.3 Å². The number of aromatic nitrogens is 3. The van der Waals surface area contributed by atoms with Crippen LogP contribution in [0.5, 0.6) is 0 Å². The summed E-state index contributed by atoms with van der Waals surface area (Å²) in [6.45, 7) is 2.50. The van der Waals surface area contributed by atoms with Gasteiger partial charge in [-0.3, -0.25) is 4.79 Å². The summed E-state index contributed by atoms with van der Waals surface area (Å²) >= 11 is 1.34. The van der Waals surface area contributed by atoms with Crippen molar-refractivity contribution < 1.29 is 9.21 Å². The summed E-state index contributed by atoms with van der Waals surface area (Å²) in [5, 5.41) is 11.5. The van der Waals surface area contributed by atoms with E-state index in [-0.39, 0.29) is 11.7 Å². The number of carbonyl (C=O) groups excluding carboxylic acids is 1. The van der Waals surface area contributed by atoms with Crippen LogP contribution < -0.4 is 5.32 Å². The predicted octanol–water partition coefficient (Wildman–Crippen LogP) is 2.96. The summed E-state index contributed by atoms with van der Waals surface area (Å²) in [5.74, 6) is 1.01. The first-order chi connectivity index (χ1) is 11.2. The van der Waals surface area contributed by atoms with Gasteiger partial charge in [-0.1, -0.05) is 30.0 Å². The highest BCUT2D eigenvalue weighted by atomic mass is 32.2. The molecule has 1 amide bonds. The lowest BCUT2D eigenvalue weighted by atomic mass is 10.2. The fraction of sp³-hybridized carbons (Fsp3) is 0.188. The molecule has 118 valence electrons. The van der Waals surface area contributed by atoms with Crippen molar-refractivity contribution in [3.8, 4) is 0 Å². The Kier molecular flexibility index (Phi) is 4.77. The van der Waals surface area contributed by atoms with E-state index in [1.54, 1.807) is 12.6 Å². The Balaban J connectivity index is 1.57. The summed E-state index contributed by atoms with van der Waals surface area (Å²) in [6, 6.07) is 11.4. The number of nitrogens with zero attached hydrogens (tertiary/aromatic N) is 3. The minimum atomic E-state index is -0.0724. The number of rotatable bonds is 6. The smallest absolute Gasteiger partial charge is 0.234 e. The first-order valence-corrected chi connectivity index (χ1v) is 8.09. The summed E-state index contributed by atoms with van der Waals surface area (Å²) in [5.41, 5.74) is 1.86. The number of carbonyl (C=O) groups is 1. The Labute approximate surface area is 137 Å². The molecule has 2 heterocycles. The Morgan fingerprint density at radius 1 is 1.30 bits per heavy atom. The molecule has 0 aliphatic carbocycles. The molecule has 0 saturated carbocycles. The maximum atomic E-state index is 12.1. The van der Waals surface area contributed by atoms with Crippen molar-refractivity contribution in [3.05, 3.63) is 60.3 Å². The topological polar surface area (TPSA) is 73.0 Å². The molecule has 6 nitrogen and oxygen atoms in total. The lowest BCUT2D eigenvalue weighted by Crippen LogP contribution is -2.15. The lowest BCUT2D eigenvalue weighted by Gasteiger charge is -2.08. The highest BCUT2D eigenvalue weighted by molar-refractivity contribution is 7.99. The molecule has 0 bridgehead atoms. The Bertz CT molecular complexity index is 783. The first kappa shape index (κ1) is 15.4. The molecular weight excluding hydrogens is 312 g/mol. The van der Waals surface area contributed by atoms with Gasteiger partial charge in [0, 0.05) is 5.69 Å². The molecule has 1 aromatic carbocycles. The number of para-hydroxylation sites is 1. The zero-order valence-electron chi connectivity index (χ0n) is 12.6. The van der Waals surface area contributed by atoms with Gasteiger partial charge in [-0.25, -0.2) is 0 Å². The van der Waals surface area contributed by atoms with Gasteiger partial charge in [0.25, 0.3) is 0 Å². The number of aryl methyl sites for hydroxylation is 1. The number of amides is 1. The molecule has 2 aromatic heterocycles. The van der Waals surface area contributed by atoms with E-state index in [0.717, 1.165) is 17.0 Å². The van der Waals surface area contributed by atoms with Crippen LogP contribution in [0.4, 0.5) is 5.69 Å². The molecule has 0 unspecified atom stereocenters. The second-order valence-electron chi connectivity index (χ2n) is 4.97. The molecule has 1 N–H and O–H groups in total. The molecule has 3 rings (SSSR count). The Hall–Kier alpha value is -2.54. The van der Waals surface area contributed by atoms with E-state index < -0.39 is 0 Å². The van der Waals surface area contributed by atoms with E-state index in [2.05, 4.69) is 15.5 Å². The van der Waals surface area contributed by atoms with E-state index in [4.69, 9.17) is 4.42 Å². The number of hydrogen-bond donors (Lipinski definition) is 1. The van der Waals surface area contributed by atoms with Crippen LogP contribution in [0.2, 0.25) is 0 Å². The number of nitrogens with one attached hydrogen (secondary N) is 1. The van der Waals surface area contributed by atoms with Crippen LogP contribution in [0.15, 0.2) is 58.6 Å². The van der Waals surface area contributed by atoms with Crippen molar-refractivity contribution in [2.75, 3.05) is 11.1 Å². The van der Waals surface area contributed by atoms with Gasteiger partial charge in [0.15, 0.2) is 5.16 Å². The minimum absolute atomic E-state index is 0.0724. The molecule has 0 radical (unpaired) electrons. The minimum Gasteiger partial charge on any atom is -0.467 e. The predicted molar refractivity (Wildman–Crippen MR) is 88.4 cm³/mol. The standard InChI is InChI=1S/C16H16N4O2S/c1-12-5-2-3-7-14(12)18-15(21)10-23-16-19-17-11-20(16)9-13-6-4-8-22-13/h2-8,11H,9-10H2,1H3,(H,18,21). The molecular formula is C16H16N4O2S. The highest BCUT2D eigenvalue weighted by Gasteiger charge is 2.10. The van der Waals surface area contributed by atoms with Crippen molar-refractivity contribution in [3.63, 3.8) is 0 Å². The Morgan fingerprint density at radius 3 is 2.96 bits per heavy atom. The first-order valence-electron chi connectivity index (χ1n) is 7.11. The van der Waals surface area contributed by atoms with Crippen LogP contribution in [0.25, 0.3) is 0 Å². The molecule has 23 heavy (non-hydrogen) atoms. The van der Waals surface area contributed by atoms with E-state index in [1.165, 1.54) is 11.8 Å². The second kappa shape index (κ2) is 7.15. The molecule has 0 spiro atoms. The number of hydrogen-bond acceptors (Lipinski definition) is 5. The zero-order chi connectivity index (χ0) is 16.1. The van der Waals surface area contributed by atoms with Crippen molar-refractivity contribution in [2.24, 2.45) is 0 Å². The zero-order valence-corrected chi connectivity index (χ0v) is 13.4. The van der Waals surface area contributed by atoms with Gasteiger partial charge in [-0.05, 0) is 30.7 Å². The summed E-state index contributed by atoms with van der Waals surface area (Å²) in [7, 11) is 0. The summed E-state index contributed by atoms with van der Waals surface area (Å²) in [4.78, 5) is 12.1. The fourth-order valence-electron chi connectivity index (χ4n) is 2.06. The van der Waals surface area contributed by atoms with Crippen LogP contribution in [0, 0.1) is 6.92 Å². The molecule has 0 aliphatic rings. The number of thioether (sulfide) groups is 1. The third-order valence-electron chi connectivity index (χ3n) is 3.24. The maximum Gasteiger partial charge on any atom is 0.234 e. The van der Waals surface area contributed by atoms with Crippen LogP contribution in [0.1, 0.15) is 11.3 Å². The molecule has 0 aliphatic heterocycles. The average Bonchev–Trinajstić information content (AvgIpc) is 3.20. The Morgan fingerprint density at radius 2 is 2.17 bits per heavy atom. The van der Waals surface area contributed by atoms with Gasteiger partial charge in [0.2, 0.25) is 5.91 Å². The van der Waals surface area contributed by atoms with Crippen LogP contribution in [-0.2, 0) is 11.3 Å². The van der Waals surface area contributed by atoms with Crippen molar-refractivity contribution in [2.45, 2.75) is 18.6 Å². The summed E-state index contributed by atoms with van der Waals surface area (Å²) < 4.78 is 7.17. The van der Waals surface area contributed by atoms with E-state index in [1.807, 2.05) is 47.9 Å². The van der Waals surface area contributed by atoms with Gasteiger partial charge in [-0.2, -0.15) is 0 Å². The average molecular weight is 328 g/mol. The largest absolute Gasteiger partial charge is 0.467 e. The third kappa shape index (κ3) is 4.01. The lowest BCUT2D eigenvalue weighted by molar-refractivity contribution is -0.113. The molecule has 7 heteroatoms. The van der Waals surface area contributed by atoms with Gasteiger partial charge in [0.1, 0.15) is 12.1 Å². The summed E-state index contributed by atoms with van der Waals surface area (Å²) in [6.07, 6.45) is 3.26. The molecule has 0 saturated heterocycles. The normalized spacial score (nSPS) is 10.7. The second-order valence-corrected chi connectivity index (χ2v) is 5.92. The monoisotopic (exact) mass is 328 g/mol. The maximum absolute atomic E-state index is 12.1. The van der Waals surface area contributed by atoms with Crippen molar-refractivity contribution in [1.29, 1.82) is 0 Å². The molecule has 0 fully saturated rings. The van der Waals surface area contributed by atoms with Crippen LogP contribution in [-0.4, -0.2) is 26.4 Å². The van der Waals surface area contributed by atoms with E-state index in [9.17, 15) is 4.79 Å². The number of anilines is 1. The molecule has 3 aromatic rings. The number of benzene rings is 1. The fourth-order valence-corrected chi connectivity index (χ4v) is 2.78. The van der Waals surface area contributed by atoms with Gasteiger partial charge in [0.05, 0.1) is 18.6 Å². The van der Waals surface area contributed by atoms with E-state index in [0.29, 0.717) is 11.7 Å². The van der Waals surface area contributed by atoms with Crippen LogP contribution >= 0.6 is 11.8 Å². The van der Waals surface area contributed by atoms with Crippen LogP contribution in [0.3, 0.4) is 0 Å². The van der Waals surface area contributed by atoms with Gasteiger partial charge >= 0.3 is 0 Å².